The molecule has 0 fully saturated rings. The van der Waals surface area contributed by atoms with Crippen molar-refractivity contribution in [1.29, 1.82) is 0 Å². The Morgan fingerprint density at radius 3 is 2.94 bits per heavy atom. The molecule has 0 saturated carbocycles. The van der Waals surface area contributed by atoms with Crippen LogP contribution in [0.25, 0.3) is 0 Å². The summed E-state index contributed by atoms with van der Waals surface area (Å²) in [7, 11) is 0. The number of nitrogens with one attached hydrogen (secondary N) is 1. The van der Waals surface area contributed by atoms with E-state index >= 15 is 0 Å². The fraction of sp³-hybridized carbons (Fsp3) is 0.182. The first-order valence-corrected chi connectivity index (χ1v) is 7.16. The molecule has 5 nitrogen and oxygen atoms in total. The van der Waals surface area contributed by atoms with Crippen LogP contribution in [0.1, 0.15) is 15.4 Å². The highest BCUT2D eigenvalue weighted by Crippen LogP contribution is 2.11. The van der Waals surface area contributed by atoms with Gasteiger partial charge in [-0.3, -0.25) is 4.79 Å². The molecule has 3 N–H and O–H groups in total. The predicted octanol–water partition coefficient (Wildman–Crippen LogP) is 1.70. The maximum atomic E-state index is 11.8. The zero-order valence-electron chi connectivity index (χ0n) is 9.39. The van der Waals surface area contributed by atoms with Crippen LogP contribution in [0, 0.1) is 3.57 Å². The average Bonchev–Trinajstić information content (AvgIpc) is 2.75. The van der Waals surface area contributed by atoms with Gasteiger partial charge in [-0.25, -0.2) is 0 Å². The lowest BCUT2D eigenvalue weighted by molar-refractivity contribution is 0.0954. The highest BCUT2D eigenvalue weighted by Gasteiger charge is 2.06. The second-order valence-corrected chi connectivity index (χ2v) is 5.89. The summed E-state index contributed by atoms with van der Waals surface area (Å²) in [5.41, 5.74) is 6.14. The molecule has 1 amide bonds. The Morgan fingerprint density at radius 2 is 2.28 bits per heavy atom. The molecule has 0 unspecified atom stereocenters. The molecule has 0 radical (unpaired) electrons. The van der Waals surface area contributed by atoms with E-state index in [1.807, 2.05) is 18.2 Å². The van der Waals surface area contributed by atoms with E-state index in [0.717, 1.165) is 8.58 Å². The van der Waals surface area contributed by atoms with Gasteiger partial charge in [0.1, 0.15) is 5.01 Å². The van der Waals surface area contributed by atoms with Crippen LogP contribution in [0.15, 0.2) is 24.3 Å². The van der Waals surface area contributed by atoms with Crippen LogP contribution >= 0.6 is 33.9 Å². The molecule has 0 aliphatic carbocycles. The number of nitrogens with zero attached hydrogens (tertiary/aromatic N) is 2. The van der Waals surface area contributed by atoms with Gasteiger partial charge in [0.2, 0.25) is 5.13 Å². The van der Waals surface area contributed by atoms with Gasteiger partial charge in [-0.2, -0.15) is 0 Å². The third-order valence-corrected chi connectivity index (χ3v) is 3.68. The Hall–Kier alpha value is -1.22. The van der Waals surface area contributed by atoms with Gasteiger partial charge in [-0.15, -0.1) is 10.2 Å². The van der Waals surface area contributed by atoms with Crippen molar-refractivity contribution in [3.63, 3.8) is 0 Å². The molecule has 7 heteroatoms. The van der Waals surface area contributed by atoms with E-state index in [0.29, 0.717) is 23.7 Å². The van der Waals surface area contributed by atoms with Crippen LogP contribution in [0.4, 0.5) is 5.13 Å². The van der Waals surface area contributed by atoms with Crippen molar-refractivity contribution in [2.24, 2.45) is 0 Å². The highest BCUT2D eigenvalue weighted by molar-refractivity contribution is 14.1. The van der Waals surface area contributed by atoms with Gasteiger partial charge >= 0.3 is 0 Å². The van der Waals surface area contributed by atoms with Crippen LogP contribution in [0.5, 0.6) is 0 Å². The zero-order chi connectivity index (χ0) is 13.0. The van der Waals surface area contributed by atoms with E-state index in [1.165, 1.54) is 11.3 Å². The molecule has 0 spiro atoms. The molecule has 18 heavy (non-hydrogen) atoms. The maximum absolute atomic E-state index is 11.8. The van der Waals surface area contributed by atoms with Crippen LogP contribution in [-0.2, 0) is 6.42 Å². The average molecular weight is 374 g/mol. The van der Waals surface area contributed by atoms with Gasteiger partial charge < -0.3 is 11.1 Å². The monoisotopic (exact) mass is 374 g/mol. The zero-order valence-corrected chi connectivity index (χ0v) is 12.4. The number of hydrogen-bond acceptors (Lipinski definition) is 5. The van der Waals surface area contributed by atoms with Gasteiger partial charge in [0, 0.05) is 22.1 Å². The van der Waals surface area contributed by atoms with Crippen LogP contribution in [0.3, 0.4) is 0 Å². The molecular formula is C11H11IN4OS. The number of anilines is 1. The van der Waals surface area contributed by atoms with Gasteiger partial charge in [-0.05, 0) is 40.8 Å². The summed E-state index contributed by atoms with van der Waals surface area (Å²) in [6, 6.07) is 7.45. The van der Waals surface area contributed by atoms with E-state index in [-0.39, 0.29) is 5.91 Å². The lowest BCUT2D eigenvalue weighted by atomic mass is 10.2. The SMILES string of the molecule is Nc1nnc(CCNC(=O)c2cccc(I)c2)s1. The number of aromatic nitrogens is 2. The fourth-order valence-electron chi connectivity index (χ4n) is 1.38. The van der Waals surface area contributed by atoms with Crippen molar-refractivity contribution >= 4 is 45.0 Å². The predicted molar refractivity (Wildman–Crippen MR) is 79.5 cm³/mol. The van der Waals surface area contributed by atoms with Crippen molar-refractivity contribution in [2.45, 2.75) is 6.42 Å². The maximum Gasteiger partial charge on any atom is 0.251 e. The quantitative estimate of drug-likeness (QED) is 0.799. The first kappa shape index (κ1) is 13.2. The number of hydrogen-bond donors (Lipinski definition) is 2. The number of amides is 1. The third kappa shape index (κ3) is 3.64. The molecular weight excluding hydrogens is 363 g/mol. The van der Waals surface area contributed by atoms with Crippen molar-refractivity contribution in [2.75, 3.05) is 12.3 Å². The number of halogens is 1. The minimum atomic E-state index is -0.0778. The third-order valence-electron chi connectivity index (χ3n) is 2.19. The van der Waals surface area contributed by atoms with E-state index < -0.39 is 0 Å². The normalized spacial score (nSPS) is 10.3. The van der Waals surface area contributed by atoms with E-state index in [4.69, 9.17) is 5.73 Å². The first-order chi connectivity index (χ1) is 8.65. The molecule has 0 aliphatic rings. The highest BCUT2D eigenvalue weighted by atomic mass is 127. The first-order valence-electron chi connectivity index (χ1n) is 5.27. The number of benzene rings is 1. The van der Waals surface area contributed by atoms with Gasteiger partial charge in [0.05, 0.1) is 0 Å². The number of rotatable bonds is 4. The van der Waals surface area contributed by atoms with Crippen LogP contribution in [0.2, 0.25) is 0 Å². The minimum Gasteiger partial charge on any atom is -0.374 e. The molecule has 2 aromatic rings. The molecule has 0 bridgehead atoms. The van der Waals surface area contributed by atoms with Crippen molar-refractivity contribution in [3.05, 3.63) is 38.4 Å². The van der Waals surface area contributed by atoms with Crippen LogP contribution < -0.4 is 11.1 Å². The lowest BCUT2D eigenvalue weighted by Crippen LogP contribution is -2.25. The van der Waals surface area contributed by atoms with Gasteiger partial charge in [0.25, 0.3) is 5.91 Å². The molecule has 2 rings (SSSR count). The number of carbonyl (C=O) groups is 1. The van der Waals surface area contributed by atoms with E-state index in [1.54, 1.807) is 6.07 Å². The Labute approximate surface area is 122 Å². The number of nitrogens with two attached hydrogens (primary N) is 1. The number of nitrogen functional groups attached to an aromatic ring is 1. The van der Waals surface area contributed by atoms with E-state index in [2.05, 4.69) is 38.1 Å². The van der Waals surface area contributed by atoms with Gasteiger partial charge in [0.15, 0.2) is 0 Å². The second kappa shape index (κ2) is 6.10. The molecule has 1 heterocycles. The summed E-state index contributed by atoms with van der Waals surface area (Å²) >= 11 is 3.52. The summed E-state index contributed by atoms with van der Waals surface area (Å²) in [5, 5.41) is 11.7. The Balaban J connectivity index is 1.85. The fourth-order valence-corrected chi connectivity index (χ4v) is 2.53. The smallest absolute Gasteiger partial charge is 0.251 e. The summed E-state index contributed by atoms with van der Waals surface area (Å²) in [4.78, 5) is 11.8. The second-order valence-electron chi connectivity index (χ2n) is 3.55. The summed E-state index contributed by atoms with van der Waals surface area (Å²) < 4.78 is 1.04. The summed E-state index contributed by atoms with van der Waals surface area (Å²) in [6.45, 7) is 0.527. The lowest BCUT2D eigenvalue weighted by Gasteiger charge is -2.03. The molecule has 94 valence electrons. The minimum absolute atomic E-state index is 0.0778. The van der Waals surface area contributed by atoms with Gasteiger partial charge in [-0.1, -0.05) is 17.4 Å². The van der Waals surface area contributed by atoms with E-state index in [9.17, 15) is 4.79 Å². The van der Waals surface area contributed by atoms with Crippen LogP contribution in [-0.4, -0.2) is 22.6 Å². The Kier molecular flexibility index (Phi) is 4.48. The standard InChI is InChI=1S/C11H11IN4OS/c12-8-3-1-2-7(6-8)10(17)14-5-4-9-15-16-11(13)18-9/h1-3,6H,4-5H2,(H2,13,16)(H,14,17). The summed E-state index contributed by atoms with van der Waals surface area (Å²) in [5.74, 6) is -0.0778. The summed E-state index contributed by atoms with van der Waals surface area (Å²) in [6.07, 6.45) is 0.643. The molecule has 0 aliphatic heterocycles. The molecule has 0 atom stereocenters. The topological polar surface area (TPSA) is 80.9 Å². The van der Waals surface area contributed by atoms with Crippen molar-refractivity contribution < 1.29 is 4.79 Å². The van der Waals surface area contributed by atoms with Crippen molar-refractivity contribution in [1.82, 2.24) is 15.5 Å². The molecule has 1 aromatic heterocycles. The Bertz CT molecular complexity index is 557. The largest absolute Gasteiger partial charge is 0.374 e. The molecule has 1 aromatic carbocycles. The molecule has 0 saturated heterocycles. The van der Waals surface area contributed by atoms with Crippen molar-refractivity contribution in [3.8, 4) is 0 Å². The Morgan fingerprint density at radius 1 is 1.44 bits per heavy atom. The number of carbonyl (C=O) groups excluding carboxylic acids is 1.